The number of methoxy groups -OCH3 is 1. The molecule has 0 aromatic heterocycles. The number of rotatable bonds is 4. The Bertz CT molecular complexity index is 653. The first-order chi connectivity index (χ1) is 9.86. The van der Waals surface area contributed by atoms with Crippen molar-refractivity contribution in [1.29, 1.82) is 0 Å². The highest BCUT2D eigenvalue weighted by atomic mass is 79.9. The van der Waals surface area contributed by atoms with Gasteiger partial charge in [0.05, 0.1) is 6.61 Å². The molecule has 8 heteroatoms. The minimum Gasteiger partial charge on any atom is -0.380 e. The van der Waals surface area contributed by atoms with Crippen LogP contribution in [0.15, 0.2) is 33.2 Å². The number of sulfonamides is 1. The van der Waals surface area contributed by atoms with E-state index in [0.717, 1.165) is 15.9 Å². The predicted molar refractivity (Wildman–Crippen MR) is 77.4 cm³/mol. The lowest BCUT2D eigenvalue weighted by molar-refractivity contribution is 0.219. The molecule has 0 aliphatic carbocycles. The van der Waals surface area contributed by atoms with E-state index in [2.05, 4.69) is 15.9 Å². The van der Waals surface area contributed by atoms with Crippen LogP contribution in [-0.4, -0.2) is 39.5 Å². The zero-order chi connectivity index (χ0) is 15.6. The molecule has 0 bridgehead atoms. The summed E-state index contributed by atoms with van der Waals surface area (Å²) in [6.45, 7) is 0.827. The monoisotopic (exact) mass is 381 g/mol. The van der Waals surface area contributed by atoms with Gasteiger partial charge in [-0.1, -0.05) is 6.08 Å². The maximum atomic E-state index is 13.8. The molecule has 1 aliphatic rings. The summed E-state index contributed by atoms with van der Waals surface area (Å²) in [6, 6.07) is 1.50. The van der Waals surface area contributed by atoms with E-state index in [-0.39, 0.29) is 17.6 Å². The molecule has 0 amide bonds. The molecule has 0 radical (unpaired) electrons. The summed E-state index contributed by atoms with van der Waals surface area (Å²) in [6.07, 6.45) is 2.27. The lowest BCUT2D eigenvalue weighted by Crippen LogP contribution is -2.36. The van der Waals surface area contributed by atoms with Gasteiger partial charge in [-0.15, -0.1) is 0 Å². The van der Waals surface area contributed by atoms with Gasteiger partial charge in [-0.3, -0.25) is 0 Å². The van der Waals surface area contributed by atoms with Crippen LogP contribution in [0.1, 0.15) is 6.42 Å². The molecule has 21 heavy (non-hydrogen) atoms. The Morgan fingerprint density at radius 1 is 1.38 bits per heavy atom. The molecule has 0 saturated heterocycles. The SMILES string of the molecule is COCC1=CCN(S(=O)(=O)c2c(F)cc(F)cc2Br)CC1. The standard InChI is InChI=1S/C13H14BrF2NO3S/c1-20-8-9-2-4-17(5-3-9)21(18,19)13-11(14)6-10(15)7-12(13)16/h2,6-7H,3-5,8H2,1H3. The first kappa shape index (κ1) is 16.5. The Hall–Kier alpha value is -0.830. The summed E-state index contributed by atoms with van der Waals surface area (Å²) >= 11 is 2.92. The predicted octanol–water partition coefficient (Wildman–Crippen LogP) is 2.69. The highest BCUT2D eigenvalue weighted by molar-refractivity contribution is 9.10. The van der Waals surface area contributed by atoms with Crippen molar-refractivity contribution >= 4 is 26.0 Å². The molecule has 1 aromatic rings. The van der Waals surface area contributed by atoms with E-state index in [1.54, 1.807) is 13.2 Å². The fourth-order valence-corrected chi connectivity index (χ4v) is 4.62. The van der Waals surface area contributed by atoms with Crippen LogP contribution < -0.4 is 0 Å². The van der Waals surface area contributed by atoms with Crippen molar-refractivity contribution < 1.29 is 21.9 Å². The summed E-state index contributed by atoms with van der Waals surface area (Å²) in [5.41, 5.74) is 1.00. The van der Waals surface area contributed by atoms with Gasteiger partial charge in [-0.25, -0.2) is 17.2 Å². The Morgan fingerprint density at radius 2 is 2.10 bits per heavy atom. The van der Waals surface area contributed by atoms with Crippen molar-refractivity contribution in [3.05, 3.63) is 39.9 Å². The van der Waals surface area contributed by atoms with Crippen molar-refractivity contribution in [2.75, 3.05) is 26.8 Å². The largest absolute Gasteiger partial charge is 0.380 e. The van der Waals surface area contributed by atoms with Gasteiger partial charge in [0, 0.05) is 30.7 Å². The lowest BCUT2D eigenvalue weighted by Gasteiger charge is -2.26. The van der Waals surface area contributed by atoms with Crippen LogP contribution in [0.25, 0.3) is 0 Å². The maximum absolute atomic E-state index is 13.8. The molecule has 2 rings (SSSR count). The zero-order valence-corrected chi connectivity index (χ0v) is 13.7. The number of hydrogen-bond acceptors (Lipinski definition) is 3. The highest BCUT2D eigenvalue weighted by Crippen LogP contribution is 2.30. The van der Waals surface area contributed by atoms with Crippen molar-refractivity contribution in [1.82, 2.24) is 4.31 Å². The molecule has 116 valence electrons. The van der Waals surface area contributed by atoms with Crippen LogP contribution in [0.2, 0.25) is 0 Å². The van der Waals surface area contributed by atoms with Crippen LogP contribution in [0.4, 0.5) is 8.78 Å². The number of hydrogen-bond donors (Lipinski definition) is 0. The second-order valence-corrected chi connectivity index (χ2v) is 7.34. The van der Waals surface area contributed by atoms with E-state index in [1.807, 2.05) is 0 Å². The Kier molecular flexibility index (Phi) is 5.13. The van der Waals surface area contributed by atoms with Gasteiger partial charge in [-0.2, -0.15) is 4.31 Å². The van der Waals surface area contributed by atoms with Crippen molar-refractivity contribution in [3.8, 4) is 0 Å². The van der Waals surface area contributed by atoms with E-state index in [1.165, 1.54) is 0 Å². The third-order valence-corrected chi connectivity index (χ3v) is 5.99. The fraction of sp³-hybridized carbons (Fsp3) is 0.385. The quantitative estimate of drug-likeness (QED) is 0.753. The average molecular weight is 382 g/mol. The summed E-state index contributed by atoms with van der Waals surface area (Å²) < 4.78 is 57.9. The smallest absolute Gasteiger partial charge is 0.247 e. The first-order valence-electron chi connectivity index (χ1n) is 6.18. The van der Waals surface area contributed by atoms with Crippen LogP contribution in [0.5, 0.6) is 0 Å². The van der Waals surface area contributed by atoms with Crippen molar-refractivity contribution in [2.45, 2.75) is 11.3 Å². The zero-order valence-electron chi connectivity index (χ0n) is 11.3. The van der Waals surface area contributed by atoms with E-state index >= 15 is 0 Å². The van der Waals surface area contributed by atoms with Crippen molar-refractivity contribution in [3.63, 3.8) is 0 Å². The summed E-state index contributed by atoms with van der Waals surface area (Å²) in [7, 11) is -2.45. The van der Waals surface area contributed by atoms with E-state index in [9.17, 15) is 17.2 Å². The molecule has 4 nitrogen and oxygen atoms in total. The van der Waals surface area contributed by atoms with E-state index in [0.29, 0.717) is 19.1 Å². The summed E-state index contributed by atoms with van der Waals surface area (Å²) in [5, 5.41) is 0. The normalized spacial score (nSPS) is 16.9. The third kappa shape index (κ3) is 3.50. The molecule has 0 unspecified atom stereocenters. The third-order valence-electron chi connectivity index (χ3n) is 3.16. The molecular formula is C13H14BrF2NO3S. The maximum Gasteiger partial charge on any atom is 0.247 e. The Labute approximate surface area is 130 Å². The Morgan fingerprint density at radius 3 is 2.62 bits per heavy atom. The van der Waals surface area contributed by atoms with Gasteiger partial charge >= 0.3 is 0 Å². The fourth-order valence-electron chi connectivity index (χ4n) is 2.13. The van der Waals surface area contributed by atoms with E-state index in [4.69, 9.17) is 4.74 Å². The molecule has 0 atom stereocenters. The number of halogens is 3. The average Bonchev–Trinajstić information content (AvgIpc) is 2.38. The molecule has 0 saturated carbocycles. The topological polar surface area (TPSA) is 46.6 Å². The second-order valence-electron chi connectivity index (χ2n) is 4.61. The molecule has 0 N–H and O–H groups in total. The van der Waals surface area contributed by atoms with Gasteiger partial charge in [-0.05, 0) is 34.0 Å². The van der Waals surface area contributed by atoms with Gasteiger partial charge in [0.15, 0.2) is 0 Å². The minimum atomic E-state index is -4.02. The Balaban J connectivity index is 2.32. The van der Waals surface area contributed by atoms with Gasteiger partial charge < -0.3 is 4.74 Å². The van der Waals surface area contributed by atoms with Gasteiger partial charge in [0.2, 0.25) is 10.0 Å². The molecular weight excluding hydrogens is 368 g/mol. The molecule has 1 aliphatic heterocycles. The number of benzene rings is 1. The number of nitrogens with zero attached hydrogens (tertiary/aromatic N) is 1. The summed E-state index contributed by atoms with van der Waals surface area (Å²) in [4.78, 5) is -0.535. The molecule has 1 aromatic carbocycles. The molecule has 0 fully saturated rings. The van der Waals surface area contributed by atoms with Crippen LogP contribution >= 0.6 is 15.9 Å². The minimum absolute atomic E-state index is 0.119. The highest BCUT2D eigenvalue weighted by Gasteiger charge is 2.31. The van der Waals surface area contributed by atoms with Crippen LogP contribution in [-0.2, 0) is 14.8 Å². The lowest BCUT2D eigenvalue weighted by atomic mass is 10.1. The van der Waals surface area contributed by atoms with E-state index < -0.39 is 26.6 Å². The van der Waals surface area contributed by atoms with Crippen LogP contribution in [0.3, 0.4) is 0 Å². The number of ether oxygens (including phenoxy) is 1. The van der Waals surface area contributed by atoms with Crippen molar-refractivity contribution in [2.24, 2.45) is 0 Å². The summed E-state index contributed by atoms with van der Waals surface area (Å²) in [5.74, 6) is -1.94. The molecule has 0 spiro atoms. The first-order valence-corrected chi connectivity index (χ1v) is 8.41. The molecule has 1 heterocycles. The second kappa shape index (κ2) is 6.51. The van der Waals surface area contributed by atoms with Gasteiger partial charge in [0.1, 0.15) is 16.5 Å². The van der Waals surface area contributed by atoms with Gasteiger partial charge in [0.25, 0.3) is 0 Å². The van der Waals surface area contributed by atoms with Crippen LogP contribution in [0, 0.1) is 11.6 Å².